The van der Waals surface area contributed by atoms with E-state index in [1.165, 1.54) is 0 Å². The molecule has 0 spiro atoms. The number of methoxy groups -OCH3 is 2. The van der Waals surface area contributed by atoms with Gasteiger partial charge in [0, 0.05) is 67.3 Å². The molecule has 2 saturated heterocycles. The summed E-state index contributed by atoms with van der Waals surface area (Å²) < 4.78 is 11.3. The third-order valence-electron chi connectivity index (χ3n) is 9.33. The standard InChI is InChI=1S/C37H41Cl2N7O4/c1-22(47)46-17-7-9-24(21-46)40-20-32-37(50-3)45-31(19-42-32)28-13-6-11-26(35(28)39)25-10-5-12-27(34(25)38)30-18-41-29(36(44-30)49-2)14-4-8-23-15-16-33(48)43-23/h5-6,10-13,18-19,23-24,40H,4,7-9,14-17,20-21H2,1-3H3,(H,43,48)/t23-,24?/m0/s1. The zero-order valence-electron chi connectivity index (χ0n) is 28.5. The van der Waals surface area contributed by atoms with Crippen LogP contribution in [0.15, 0.2) is 48.8 Å². The van der Waals surface area contributed by atoms with Gasteiger partial charge in [-0.3, -0.25) is 19.6 Å². The summed E-state index contributed by atoms with van der Waals surface area (Å²) in [6, 6.07) is 11.8. The lowest BCUT2D eigenvalue weighted by Crippen LogP contribution is -2.47. The summed E-state index contributed by atoms with van der Waals surface area (Å²) in [6.07, 6.45) is 9.24. The number of carbonyl (C=O) groups excluding carboxylic acids is 2. The molecule has 0 bridgehead atoms. The lowest BCUT2D eigenvalue weighted by Gasteiger charge is -2.32. The van der Waals surface area contributed by atoms with Crippen LogP contribution in [0.1, 0.15) is 56.8 Å². The molecule has 4 aromatic rings. The normalized spacial score (nSPS) is 17.5. The van der Waals surface area contributed by atoms with Crippen molar-refractivity contribution in [3.63, 3.8) is 0 Å². The third kappa shape index (κ3) is 8.01. The second kappa shape index (κ2) is 16.1. The van der Waals surface area contributed by atoms with Crippen molar-refractivity contribution in [3.8, 4) is 45.4 Å². The van der Waals surface area contributed by atoms with Crippen LogP contribution in [0.4, 0.5) is 0 Å². The van der Waals surface area contributed by atoms with Gasteiger partial charge in [-0.2, -0.15) is 0 Å². The Kier molecular flexibility index (Phi) is 11.5. The molecule has 4 heterocycles. The maximum Gasteiger partial charge on any atom is 0.237 e. The average Bonchev–Trinajstić information content (AvgIpc) is 3.55. The summed E-state index contributed by atoms with van der Waals surface area (Å²) in [7, 11) is 3.15. The van der Waals surface area contributed by atoms with E-state index in [2.05, 4.69) is 20.6 Å². The first kappa shape index (κ1) is 35.5. The predicted octanol–water partition coefficient (Wildman–Crippen LogP) is 6.29. The van der Waals surface area contributed by atoms with Crippen LogP contribution in [0.2, 0.25) is 10.0 Å². The number of ether oxygens (including phenoxy) is 2. The first-order valence-electron chi connectivity index (χ1n) is 16.9. The van der Waals surface area contributed by atoms with Gasteiger partial charge in [0.1, 0.15) is 11.4 Å². The molecule has 1 unspecified atom stereocenters. The molecule has 2 aromatic heterocycles. The molecule has 2 aliphatic rings. The number of halogens is 2. The molecule has 13 heteroatoms. The number of nitrogens with one attached hydrogen (secondary N) is 2. The average molecular weight is 719 g/mol. The number of aryl methyl sites for hydroxylation is 1. The maximum atomic E-state index is 11.9. The van der Waals surface area contributed by atoms with Crippen LogP contribution in [0, 0.1) is 0 Å². The van der Waals surface area contributed by atoms with Crippen LogP contribution in [-0.2, 0) is 22.6 Å². The molecular formula is C37H41Cl2N7O4. The molecule has 0 aliphatic carbocycles. The van der Waals surface area contributed by atoms with E-state index in [0.717, 1.165) is 55.5 Å². The molecule has 50 heavy (non-hydrogen) atoms. The largest absolute Gasteiger partial charge is 0.480 e. The lowest BCUT2D eigenvalue weighted by molar-refractivity contribution is -0.130. The van der Waals surface area contributed by atoms with Crippen LogP contribution >= 0.6 is 23.2 Å². The molecule has 2 N–H and O–H groups in total. The van der Waals surface area contributed by atoms with Crippen molar-refractivity contribution in [1.29, 1.82) is 0 Å². The van der Waals surface area contributed by atoms with Crippen molar-refractivity contribution in [3.05, 3.63) is 70.2 Å². The Morgan fingerprint density at radius 2 is 1.52 bits per heavy atom. The third-order valence-corrected chi connectivity index (χ3v) is 10.1. The minimum Gasteiger partial charge on any atom is -0.480 e. The molecule has 2 amide bonds. The highest BCUT2D eigenvalue weighted by atomic mass is 35.5. The fraction of sp³-hybridized carbons (Fsp3) is 0.405. The van der Waals surface area contributed by atoms with Gasteiger partial charge < -0.3 is 25.0 Å². The van der Waals surface area contributed by atoms with Gasteiger partial charge in [0.2, 0.25) is 23.6 Å². The van der Waals surface area contributed by atoms with E-state index in [9.17, 15) is 9.59 Å². The number of benzene rings is 2. The molecular weight excluding hydrogens is 677 g/mol. The first-order valence-corrected chi connectivity index (χ1v) is 17.7. The minimum absolute atomic E-state index is 0.0909. The minimum atomic E-state index is 0.0909. The van der Waals surface area contributed by atoms with Crippen molar-refractivity contribution < 1.29 is 19.1 Å². The summed E-state index contributed by atoms with van der Waals surface area (Å²) >= 11 is 14.1. The highest BCUT2D eigenvalue weighted by Crippen LogP contribution is 2.42. The summed E-state index contributed by atoms with van der Waals surface area (Å²) in [5.41, 5.74) is 5.40. The van der Waals surface area contributed by atoms with Gasteiger partial charge in [-0.15, -0.1) is 0 Å². The van der Waals surface area contributed by atoms with Crippen LogP contribution in [0.3, 0.4) is 0 Å². The SMILES string of the molecule is COc1nc(-c2cccc(-c3cccc(-c4cnc(CNC5CCCN(C(C)=O)C5)c(OC)n4)c3Cl)c2Cl)cnc1CCC[C@H]1CCC(=O)N1. The van der Waals surface area contributed by atoms with Crippen molar-refractivity contribution in [2.75, 3.05) is 27.3 Å². The summed E-state index contributed by atoms with van der Waals surface area (Å²) in [5, 5.41) is 7.47. The number of rotatable bonds is 12. The molecule has 2 aromatic carbocycles. The Bertz CT molecular complexity index is 1870. The van der Waals surface area contributed by atoms with Crippen LogP contribution in [0.25, 0.3) is 33.6 Å². The van der Waals surface area contributed by atoms with Crippen molar-refractivity contribution >= 4 is 35.0 Å². The van der Waals surface area contributed by atoms with Crippen molar-refractivity contribution in [2.24, 2.45) is 0 Å². The molecule has 2 atom stereocenters. The number of amides is 2. The van der Waals surface area contributed by atoms with Gasteiger partial charge in [-0.25, -0.2) is 9.97 Å². The number of carbonyl (C=O) groups is 2. The summed E-state index contributed by atoms with van der Waals surface area (Å²) in [4.78, 5) is 44.2. The van der Waals surface area contributed by atoms with Crippen molar-refractivity contribution in [2.45, 2.75) is 70.5 Å². The zero-order chi connectivity index (χ0) is 35.2. The molecule has 6 rings (SSSR count). The second-order valence-corrected chi connectivity index (χ2v) is 13.4. The fourth-order valence-corrected chi connectivity index (χ4v) is 7.28. The topological polar surface area (TPSA) is 131 Å². The molecule has 0 radical (unpaired) electrons. The predicted molar refractivity (Wildman–Crippen MR) is 193 cm³/mol. The number of nitrogens with zero attached hydrogens (tertiary/aromatic N) is 5. The lowest BCUT2D eigenvalue weighted by atomic mass is 9.98. The van der Waals surface area contributed by atoms with E-state index in [4.69, 9.17) is 42.6 Å². The van der Waals surface area contributed by atoms with Gasteiger partial charge in [0.05, 0.1) is 48.0 Å². The second-order valence-electron chi connectivity index (χ2n) is 12.6. The number of hydrogen-bond acceptors (Lipinski definition) is 9. The number of likely N-dealkylation sites (tertiary alicyclic amines) is 1. The maximum absolute atomic E-state index is 11.9. The van der Waals surface area contributed by atoms with Crippen LogP contribution in [-0.4, -0.2) is 76.0 Å². The number of piperidine rings is 1. The Morgan fingerprint density at radius 1 is 0.920 bits per heavy atom. The van der Waals surface area contributed by atoms with E-state index in [1.54, 1.807) is 33.5 Å². The van der Waals surface area contributed by atoms with Gasteiger partial charge in [-0.05, 0) is 38.5 Å². The monoisotopic (exact) mass is 717 g/mol. The zero-order valence-corrected chi connectivity index (χ0v) is 30.0. The molecule has 0 saturated carbocycles. The fourth-order valence-electron chi connectivity index (χ4n) is 6.63. The smallest absolute Gasteiger partial charge is 0.237 e. The van der Waals surface area contributed by atoms with Gasteiger partial charge in [-0.1, -0.05) is 59.6 Å². The van der Waals surface area contributed by atoms with Crippen molar-refractivity contribution in [1.82, 2.24) is 35.5 Å². The van der Waals surface area contributed by atoms with Gasteiger partial charge >= 0.3 is 0 Å². The number of hydrogen-bond donors (Lipinski definition) is 2. The Labute approximate surface area is 302 Å². The van der Waals surface area contributed by atoms with Crippen LogP contribution < -0.4 is 20.1 Å². The Morgan fingerprint density at radius 3 is 2.10 bits per heavy atom. The molecule has 262 valence electrons. The summed E-state index contributed by atoms with van der Waals surface area (Å²) in [5.74, 6) is 1.06. The quantitative estimate of drug-likeness (QED) is 0.174. The van der Waals surface area contributed by atoms with E-state index >= 15 is 0 Å². The van der Waals surface area contributed by atoms with E-state index in [-0.39, 0.29) is 23.9 Å². The Balaban J connectivity index is 1.20. The first-order chi connectivity index (χ1) is 24.2. The Hall–Kier alpha value is -4.32. The highest BCUT2D eigenvalue weighted by Gasteiger charge is 2.24. The molecule has 2 fully saturated rings. The van der Waals surface area contributed by atoms with Gasteiger partial charge in [0.15, 0.2) is 0 Å². The van der Waals surface area contributed by atoms with Crippen LogP contribution in [0.5, 0.6) is 11.8 Å². The number of aromatic nitrogens is 4. The van der Waals surface area contributed by atoms with E-state index in [1.807, 2.05) is 41.3 Å². The molecule has 11 nitrogen and oxygen atoms in total. The van der Waals surface area contributed by atoms with E-state index < -0.39 is 0 Å². The highest BCUT2D eigenvalue weighted by molar-refractivity contribution is 6.39. The summed E-state index contributed by atoms with van der Waals surface area (Å²) in [6.45, 7) is 3.53. The molecule has 2 aliphatic heterocycles. The van der Waals surface area contributed by atoms with Gasteiger partial charge in [0.25, 0.3) is 0 Å². The van der Waals surface area contributed by atoms with E-state index in [0.29, 0.717) is 75.9 Å².